The van der Waals surface area contributed by atoms with Crippen molar-refractivity contribution in [3.63, 3.8) is 0 Å². The van der Waals surface area contributed by atoms with Crippen LogP contribution in [0.25, 0.3) is 22.0 Å². The molecule has 3 fully saturated rings. The van der Waals surface area contributed by atoms with E-state index in [0.29, 0.717) is 55.0 Å². The Morgan fingerprint density at radius 3 is 2.63 bits per heavy atom. The lowest BCUT2D eigenvalue weighted by molar-refractivity contribution is -0.128. The first-order chi connectivity index (χ1) is 20.6. The Labute approximate surface area is 253 Å². The number of likely N-dealkylation sites (tertiary alicyclic amines) is 1. The van der Waals surface area contributed by atoms with Gasteiger partial charge in [0.15, 0.2) is 0 Å². The molecular formula is C32H35F2N5O3S. The van der Waals surface area contributed by atoms with E-state index in [1.165, 1.54) is 18.2 Å². The minimum atomic E-state index is -0.636. The normalized spacial score (nSPS) is 27.1. The number of nitrogens with zero attached hydrogens (tertiary/aromatic N) is 5. The van der Waals surface area contributed by atoms with Gasteiger partial charge in [0, 0.05) is 83.6 Å². The number of piperazine rings is 1. The van der Waals surface area contributed by atoms with Crippen LogP contribution < -0.4 is 10.6 Å². The zero-order chi connectivity index (χ0) is 30.2. The van der Waals surface area contributed by atoms with Crippen molar-refractivity contribution in [2.75, 3.05) is 36.9 Å². The predicted octanol–water partition coefficient (Wildman–Crippen LogP) is 4.21. The summed E-state index contributed by atoms with van der Waals surface area (Å²) in [6, 6.07) is 5.84. The highest BCUT2D eigenvalue weighted by Gasteiger charge is 2.43. The van der Waals surface area contributed by atoms with Crippen LogP contribution in [0.1, 0.15) is 25.8 Å². The molecule has 5 heterocycles. The van der Waals surface area contributed by atoms with Gasteiger partial charge in [0.25, 0.3) is 0 Å². The van der Waals surface area contributed by atoms with Crippen molar-refractivity contribution in [1.29, 1.82) is 0 Å². The minimum Gasteiger partial charge on any atom is -0.375 e. The SMILES string of the molecule is C=CC(=O)N1C[C@H](C)N(c2nc(=O)n3c4c(c(-c5ccc(F)cc5F)c(C)cc24)SCC(N2C[C@@H]4C[C@H]2CO4)C3)C[C@H]1C. The first-order valence-electron chi connectivity index (χ1n) is 14.9. The lowest BCUT2D eigenvalue weighted by Crippen LogP contribution is -2.58. The van der Waals surface area contributed by atoms with Gasteiger partial charge in [-0.15, -0.1) is 11.8 Å². The average Bonchev–Trinajstić information content (AvgIpc) is 3.55. The minimum absolute atomic E-state index is 0.0727. The topological polar surface area (TPSA) is 70.9 Å². The maximum atomic E-state index is 15.4. The Morgan fingerprint density at radius 1 is 1.12 bits per heavy atom. The number of fused-ring (bicyclic) bond motifs is 2. The highest BCUT2D eigenvalue weighted by Crippen LogP contribution is 2.45. The third kappa shape index (κ3) is 4.67. The number of thioether (sulfide) groups is 1. The molecule has 4 aliphatic rings. The van der Waals surface area contributed by atoms with Gasteiger partial charge in [-0.1, -0.05) is 6.58 Å². The second-order valence-corrected chi connectivity index (χ2v) is 13.3. The first kappa shape index (κ1) is 28.5. The van der Waals surface area contributed by atoms with Crippen LogP contribution in [0.5, 0.6) is 0 Å². The lowest BCUT2D eigenvalue weighted by Gasteiger charge is -2.44. The molecule has 0 spiro atoms. The molecule has 7 rings (SSSR count). The summed E-state index contributed by atoms with van der Waals surface area (Å²) in [6.07, 6.45) is 2.55. The molecule has 1 aromatic heterocycles. The maximum Gasteiger partial charge on any atom is 0.350 e. The number of halogens is 2. The number of aromatic nitrogens is 2. The lowest BCUT2D eigenvalue weighted by atomic mass is 9.96. The smallest absolute Gasteiger partial charge is 0.350 e. The van der Waals surface area contributed by atoms with Gasteiger partial charge >= 0.3 is 5.69 Å². The van der Waals surface area contributed by atoms with E-state index in [4.69, 9.17) is 9.72 Å². The standard InChI is InChI=1S/C32H35F2N5O3S/c1-5-27(40)36-11-19(4)37(12-18(36)3)31-25-8-17(2)28(24-7-6-20(33)9-26(24)34)30-29(25)39(32(41)35-31)13-22(16-43-30)38-14-23-10-21(38)15-42-23/h5-9,18-19,21-23H,1,10-16H2,2-4H3/t18-,19+,21+,22?,23+/m1/s1. The number of hydrogen-bond donors (Lipinski definition) is 0. The van der Waals surface area contributed by atoms with Crippen LogP contribution in [0.4, 0.5) is 14.6 Å². The van der Waals surface area contributed by atoms with Crippen LogP contribution in [-0.4, -0.2) is 87.5 Å². The summed E-state index contributed by atoms with van der Waals surface area (Å²) in [6.45, 7) is 12.6. The number of morpholine rings is 1. The number of aryl methyl sites for hydroxylation is 1. The Kier molecular flexibility index (Phi) is 7.10. The van der Waals surface area contributed by atoms with Crippen molar-refractivity contribution in [3.05, 3.63) is 64.6 Å². The molecule has 0 aliphatic carbocycles. The molecular weight excluding hydrogens is 572 g/mol. The van der Waals surface area contributed by atoms with Crippen LogP contribution in [0.2, 0.25) is 0 Å². The van der Waals surface area contributed by atoms with Gasteiger partial charge in [-0.25, -0.2) is 13.6 Å². The Morgan fingerprint density at radius 2 is 1.93 bits per heavy atom. The number of amides is 1. The monoisotopic (exact) mass is 607 g/mol. The molecule has 1 unspecified atom stereocenters. The molecule has 8 nitrogen and oxygen atoms in total. The van der Waals surface area contributed by atoms with Gasteiger partial charge < -0.3 is 14.5 Å². The Hall–Kier alpha value is -3.28. The molecule has 11 heteroatoms. The van der Waals surface area contributed by atoms with Gasteiger partial charge in [-0.2, -0.15) is 4.98 Å². The van der Waals surface area contributed by atoms with E-state index in [1.807, 2.05) is 26.8 Å². The van der Waals surface area contributed by atoms with Crippen LogP contribution in [0.3, 0.4) is 0 Å². The second kappa shape index (κ2) is 10.7. The number of hydrogen-bond acceptors (Lipinski definition) is 7. The number of ether oxygens (including phenoxy) is 1. The third-order valence-corrected chi connectivity index (χ3v) is 10.8. The molecule has 226 valence electrons. The molecule has 4 aliphatic heterocycles. The highest BCUT2D eigenvalue weighted by molar-refractivity contribution is 7.99. The van der Waals surface area contributed by atoms with Gasteiger partial charge in [0.1, 0.15) is 17.5 Å². The second-order valence-electron chi connectivity index (χ2n) is 12.3. The summed E-state index contributed by atoms with van der Waals surface area (Å²) in [5.41, 5.74) is 2.19. The van der Waals surface area contributed by atoms with Crippen molar-refractivity contribution in [2.45, 2.75) is 68.9 Å². The van der Waals surface area contributed by atoms with E-state index in [1.54, 1.807) is 21.2 Å². The molecule has 3 aromatic rings. The van der Waals surface area contributed by atoms with Gasteiger partial charge in [-0.3, -0.25) is 14.3 Å². The molecule has 0 N–H and O–H groups in total. The zero-order valence-electron chi connectivity index (χ0n) is 24.6. The fraction of sp³-hybridized carbons (Fsp3) is 0.469. The van der Waals surface area contributed by atoms with Gasteiger partial charge in [-0.05, 0) is 57.0 Å². The predicted molar refractivity (Wildman–Crippen MR) is 164 cm³/mol. The fourth-order valence-electron chi connectivity index (χ4n) is 7.44. The summed E-state index contributed by atoms with van der Waals surface area (Å²) in [7, 11) is 0. The van der Waals surface area contributed by atoms with Crippen molar-refractivity contribution >= 4 is 34.4 Å². The largest absolute Gasteiger partial charge is 0.375 e. The van der Waals surface area contributed by atoms with E-state index >= 15 is 4.39 Å². The molecule has 0 radical (unpaired) electrons. The van der Waals surface area contributed by atoms with E-state index < -0.39 is 11.6 Å². The Balaban J connectivity index is 1.41. The van der Waals surface area contributed by atoms with Crippen LogP contribution in [0, 0.1) is 18.6 Å². The third-order valence-electron chi connectivity index (χ3n) is 9.54. The van der Waals surface area contributed by atoms with Crippen LogP contribution in [0.15, 0.2) is 46.6 Å². The van der Waals surface area contributed by atoms with E-state index in [-0.39, 0.29) is 35.8 Å². The molecule has 1 amide bonds. The molecule has 2 aromatic carbocycles. The molecule has 2 bridgehead atoms. The summed E-state index contributed by atoms with van der Waals surface area (Å²) < 4.78 is 36.9. The first-order valence-corrected chi connectivity index (χ1v) is 15.9. The molecule has 5 atom stereocenters. The van der Waals surface area contributed by atoms with Crippen LogP contribution in [-0.2, 0) is 16.1 Å². The van der Waals surface area contributed by atoms with Crippen molar-refractivity contribution in [1.82, 2.24) is 19.4 Å². The maximum absolute atomic E-state index is 15.4. The average molecular weight is 608 g/mol. The zero-order valence-corrected chi connectivity index (χ0v) is 25.4. The van der Waals surface area contributed by atoms with Crippen molar-refractivity contribution < 1.29 is 18.3 Å². The van der Waals surface area contributed by atoms with Gasteiger partial charge in [0.05, 0.1) is 18.2 Å². The summed E-state index contributed by atoms with van der Waals surface area (Å²) in [5.74, 6) is -0.105. The summed E-state index contributed by atoms with van der Waals surface area (Å²) in [4.78, 5) is 38.4. The number of carbonyl (C=O) groups is 1. The van der Waals surface area contributed by atoms with Crippen molar-refractivity contribution in [3.8, 4) is 11.1 Å². The van der Waals surface area contributed by atoms with E-state index in [2.05, 4.69) is 16.4 Å². The van der Waals surface area contributed by atoms with E-state index in [0.717, 1.165) is 40.4 Å². The molecule has 43 heavy (non-hydrogen) atoms. The fourth-order valence-corrected chi connectivity index (χ4v) is 8.87. The number of carbonyl (C=O) groups excluding carboxylic acids is 1. The number of benzene rings is 2. The summed E-state index contributed by atoms with van der Waals surface area (Å²) >= 11 is 1.63. The van der Waals surface area contributed by atoms with E-state index in [9.17, 15) is 14.0 Å². The number of anilines is 1. The highest BCUT2D eigenvalue weighted by atomic mass is 32.2. The number of rotatable bonds is 4. The quantitative estimate of drug-likeness (QED) is 0.412. The Bertz CT molecular complexity index is 1710. The van der Waals surface area contributed by atoms with Gasteiger partial charge in [0.2, 0.25) is 5.91 Å². The van der Waals surface area contributed by atoms with Crippen LogP contribution >= 0.6 is 11.8 Å². The van der Waals surface area contributed by atoms with Crippen molar-refractivity contribution in [2.24, 2.45) is 0 Å². The molecule has 0 saturated carbocycles. The molecule has 3 saturated heterocycles. The summed E-state index contributed by atoms with van der Waals surface area (Å²) in [5, 5.41) is 0.820.